The van der Waals surface area contributed by atoms with E-state index in [0.29, 0.717) is 26.1 Å². The number of aromatic amines is 1. The molecule has 0 amide bonds. The molecule has 3 unspecified atom stereocenters. The molecular weight excluding hydrogens is 711 g/mol. The monoisotopic (exact) mass is 745 g/mol. The topological polar surface area (TPSA) is 251 Å². The lowest BCUT2D eigenvalue weighted by atomic mass is 10.1. The van der Waals surface area contributed by atoms with E-state index in [-0.39, 0.29) is 29.3 Å². The van der Waals surface area contributed by atoms with Crippen LogP contribution in [0.4, 0.5) is 5.69 Å². The summed E-state index contributed by atoms with van der Waals surface area (Å²) in [4.78, 5) is 70.9. The molecule has 6 atom stereocenters. The van der Waals surface area contributed by atoms with Gasteiger partial charge in [0.1, 0.15) is 24.1 Å². The summed E-state index contributed by atoms with van der Waals surface area (Å²) in [7, 11) is -16.1. The molecule has 0 spiro atoms. The number of nitrogens with one attached hydrogen (secondary N) is 2. The van der Waals surface area contributed by atoms with Crippen molar-refractivity contribution in [3.63, 3.8) is 0 Å². The Bertz CT molecular complexity index is 1870. The van der Waals surface area contributed by atoms with Gasteiger partial charge in [0.25, 0.3) is 5.56 Å². The number of ether oxygens (including phenoxy) is 3. The van der Waals surface area contributed by atoms with Gasteiger partial charge < -0.3 is 34.2 Å². The van der Waals surface area contributed by atoms with Gasteiger partial charge in [0.05, 0.1) is 18.3 Å². The van der Waals surface area contributed by atoms with Gasteiger partial charge in [-0.25, -0.2) is 23.0 Å². The maximum absolute atomic E-state index is 12.9. The van der Waals surface area contributed by atoms with E-state index in [9.17, 15) is 42.8 Å². The van der Waals surface area contributed by atoms with Gasteiger partial charge in [-0.3, -0.25) is 23.4 Å². The number of phosphoric ester groups is 1. The Morgan fingerprint density at radius 1 is 0.939 bits per heavy atom. The Labute approximate surface area is 278 Å². The number of carbonyl (C=O) groups excluding carboxylic acids is 1. The molecule has 2 aliphatic heterocycles. The van der Waals surface area contributed by atoms with E-state index >= 15 is 0 Å². The summed E-state index contributed by atoms with van der Waals surface area (Å²) < 4.78 is 68.9. The van der Waals surface area contributed by atoms with Crippen LogP contribution in [-0.4, -0.2) is 68.3 Å². The molecule has 21 heteroatoms. The Morgan fingerprint density at radius 3 is 2.27 bits per heavy atom. The van der Waals surface area contributed by atoms with E-state index in [1.54, 1.807) is 36.4 Å². The molecule has 0 bridgehead atoms. The van der Waals surface area contributed by atoms with Crippen LogP contribution in [0.25, 0.3) is 0 Å². The fraction of sp³-hybridized carbons (Fsp3) is 0.393. The maximum atomic E-state index is 12.9. The van der Waals surface area contributed by atoms with Crippen LogP contribution in [0.15, 0.2) is 76.4 Å². The average Bonchev–Trinajstić information content (AvgIpc) is 3.43. The number of benzene rings is 2. The molecule has 3 aromatic rings. The number of rotatable bonds is 14. The first-order valence-corrected chi connectivity index (χ1v) is 19.6. The van der Waals surface area contributed by atoms with Crippen molar-refractivity contribution in [1.82, 2.24) is 9.55 Å². The Morgan fingerprint density at radius 2 is 1.59 bits per heavy atom. The summed E-state index contributed by atoms with van der Waals surface area (Å²) in [6.45, 7) is 0.0733. The van der Waals surface area contributed by atoms with Crippen LogP contribution in [0.5, 0.6) is 0 Å². The normalized spacial score (nSPS) is 23.5. The first-order valence-electron chi connectivity index (χ1n) is 14.9. The maximum Gasteiger partial charge on any atom is 0.488 e. The van der Waals surface area contributed by atoms with E-state index < -0.39 is 71.7 Å². The van der Waals surface area contributed by atoms with Gasteiger partial charge in [0, 0.05) is 31.9 Å². The zero-order valence-corrected chi connectivity index (χ0v) is 28.3. The summed E-state index contributed by atoms with van der Waals surface area (Å²) in [6.07, 6.45) is -2.20. The summed E-state index contributed by atoms with van der Waals surface area (Å²) in [5.74, 6) is -0.802. The van der Waals surface area contributed by atoms with Crippen molar-refractivity contribution in [3.05, 3.63) is 98.8 Å². The minimum absolute atomic E-state index is 0.0630. The molecule has 2 aliphatic rings. The number of carbonyl (C=O) groups is 1. The van der Waals surface area contributed by atoms with Gasteiger partial charge in [-0.05, 0) is 30.5 Å². The molecule has 266 valence electrons. The van der Waals surface area contributed by atoms with Crippen molar-refractivity contribution < 1.29 is 60.5 Å². The van der Waals surface area contributed by atoms with E-state index in [0.717, 1.165) is 4.57 Å². The van der Waals surface area contributed by atoms with Crippen molar-refractivity contribution >= 4 is 34.9 Å². The van der Waals surface area contributed by atoms with Gasteiger partial charge in [-0.1, -0.05) is 48.5 Å². The summed E-state index contributed by atoms with van der Waals surface area (Å²) >= 11 is 0. The third-order valence-corrected chi connectivity index (χ3v) is 12.1. The number of H-pyrrole nitrogens is 1. The zero-order valence-electron chi connectivity index (χ0n) is 25.6. The lowest BCUT2D eigenvalue weighted by Crippen LogP contribution is -2.36. The number of phosphoric acid groups is 2. The van der Waals surface area contributed by atoms with Crippen molar-refractivity contribution in [3.8, 4) is 0 Å². The second kappa shape index (κ2) is 15.8. The largest absolute Gasteiger partial charge is 0.488 e. The van der Waals surface area contributed by atoms with Crippen LogP contribution in [0, 0.1) is 0 Å². The van der Waals surface area contributed by atoms with Crippen LogP contribution in [0.1, 0.15) is 41.4 Å². The highest BCUT2D eigenvalue weighted by molar-refractivity contribution is 7.68. The Kier molecular flexibility index (Phi) is 11.9. The third-order valence-electron chi connectivity index (χ3n) is 7.37. The van der Waals surface area contributed by atoms with Crippen molar-refractivity contribution in [2.45, 2.75) is 49.9 Å². The molecular formula is C28H34N3O15P3. The minimum Gasteiger partial charge on any atom is -0.456 e. The number of esters is 1. The number of nitrogens with zero attached hydrogens (tertiary/aromatic N) is 1. The van der Waals surface area contributed by atoms with Crippen molar-refractivity contribution in [2.75, 3.05) is 25.1 Å². The van der Waals surface area contributed by atoms with Crippen LogP contribution in [-0.2, 0) is 47.2 Å². The number of hydrogen-bond acceptors (Lipinski definition) is 13. The zero-order chi connectivity index (χ0) is 35.2. The first kappa shape index (κ1) is 37.0. The highest BCUT2D eigenvalue weighted by atomic mass is 31.3. The smallest absolute Gasteiger partial charge is 0.456 e. The molecule has 3 heterocycles. The molecule has 0 saturated carbocycles. The second-order valence-electron chi connectivity index (χ2n) is 11.1. The minimum atomic E-state index is -5.68. The SMILES string of the molecule is O=C(O[C@H]1C[C@H](n2cc(NC3CCOCC3)c(=O)[nH]c2=O)O[C@@H]1COP(=O)(O)OP(=O)(O)OP(=O)(O)Cc1ccccc1)c1ccccc1. The Balaban J connectivity index is 1.30. The summed E-state index contributed by atoms with van der Waals surface area (Å²) in [5, 5.41) is 3.08. The Hall–Kier alpha value is -3.24. The molecule has 0 aliphatic carbocycles. The van der Waals surface area contributed by atoms with E-state index in [1.807, 2.05) is 0 Å². The number of anilines is 1. The fourth-order valence-electron chi connectivity index (χ4n) is 5.13. The lowest BCUT2D eigenvalue weighted by molar-refractivity contribution is -0.0510. The first-order chi connectivity index (χ1) is 23.2. The van der Waals surface area contributed by atoms with E-state index in [1.165, 1.54) is 30.5 Å². The van der Waals surface area contributed by atoms with Gasteiger partial charge in [0.2, 0.25) is 0 Å². The predicted octanol–water partition coefficient (Wildman–Crippen LogP) is 3.28. The molecule has 49 heavy (non-hydrogen) atoms. The van der Waals surface area contributed by atoms with Gasteiger partial charge in [0.15, 0.2) is 0 Å². The van der Waals surface area contributed by atoms with Crippen LogP contribution in [0.2, 0.25) is 0 Å². The summed E-state index contributed by atoms with van der Waals surface area (Å²) in [5.41, 5.74) is -1.04. The number of hydrogen-bond donors (Lipinski definition) is 5. The highest BCUT2D eigenvalue weighted by Crippen LogP contribution is 2.68. The summed E-state index contributed by atoms with van der Waals surface area (Å²) in [6, 6.07) is 15.4. The molecule has 0 radical (unpaired) electrons. The number of aromatic nitrogens is 2. The van der Waals surface area contributed by atoms with Crippen molar-refractivity contribution in [1.29, 1.82) is 0 Å². The third kappa shape index (κ3) is 10.6. The predicted molar refractivity (Wildman–Crippen MR) is 171 cm³/mol. The lowest BCUT2D eigenvalue weighted by Gasteiger charge is -2.24. The van der Waals surface area contributed by atoms with Crippen molar-refractivity contribution in [2.24, 2.45) is 0 Å². The van der Waals surface area contributed by atoms with Gasteiger partial charge >= 0.3 is 34.9 Å². The van der Waals surface area contributed by atoms with E-state index in [2.05, 4.69) is 18.9 Å². The van der Waals surface area contributed by atoms with Gasteiger partial charge in [-0.15, -0.1) is 0 Å². The molecule has 5 N–H and O–H groups in total. The fourth-order valence-corrected chi connectivity index (χ4v) is 9.28. The molecule has 2 aromatic carbocycles. The molecule has 2 fully saturated rings. The second-order valence-corrected chi connectivity index (χ2v) is 16.1. The average molecular weight is 746 g/mol. The van der Waals surface area contributed by atoms with Crippen LogP contribution in [0.3, 0.4) is 0 Å². The quantitative estimate of drug-likeness (QED) is 0.117. The molecule has 5 rings (SSSR count). The van der Waals surface area contributed by atoms with Gasteiger partial charge in [-0.2, -0.15) is 4.31 Å². The van der Waals surface area contributed by atoms with E-state index in [4.69, 9.17) is 18.7 Å². The van der Waals surface area contributed by atoms with Crippen LogP contribution >= 0.6 is 23.2 Å². The molecule has 2 saturated heterocycles. The molecule has 18 nitrogen and oxygen atoms in total. The standard InChI is InChI=1S/C28H34N3O15P3/c32-26-22(29-21-11-13-41-14-12-21)16-31(28(34)30-26)25-15-23(44-27(33)20-9-5-2-6-10-20)24(43-25)17-42-48(37,38)46-49(39,40)45-47(35,36)18-19-7-3-1-4-8-19/h1-10,16,21,23-25,29H,11-15,17-18H2,(H,35,36)(H,37,38)(H,39,40)(H,30,32,34)/t23-,24+,25+/m0/s1. The highest BCUT2D eigenvalue weighted by Gasteiger charge is 2.44. The molecule has 1 aromatic heterocycles. The van der Waals surface area contributed by atoms with Crippen LogP contribution < -0.4 is 16.6 Å².